The molecule has 2 amide bonds. The Bertz CT molecular complexity index is 507. The van der Waals surface area contributed by atoms with Crippen molar-refractivity contribution in [2.45, 2.75) is 44.1 Å². The normalized spacial score (nSPS) is 17.0. The minimum absolute atomic E-state index is 0.125. The highest BCUT2D eigenvalue weighted by molar-refractivity contribution is 5.96. The Kier molecular flexibility index (Phi) is 8.18. The summed E-state index contributed by atoms with van der Waals surface area (Å²) in [5.74, 6) is -1.94. The quantitative estimate of drug-likeness (QED) is 0.432. The molecule has 0 atom stereocenters. The number of carboxylic acid groups (broad SMARTS) is 1. The molecule has 0 aliphatic heterocycles. The summed E-state index contributed by atoms with van der Waals surface area (Å²) in [6.07, 6.45) is 7.16. The number of hydrogen-bond acceptors (Lipinski definition) is 4. The van der Waals surface area contributed by atoms with Crippen molar-refractivity contribution in [3.05, 3.63) is 24.3 Å². The lowest BCUT2D eigenvalue weighted by molar-refractivity contribution is -0.149. The summed E-state index contributed by atoms with van der Waals surface area (Å²) in [6.45, 7) is 3.43. The third-order valence-corrected chi connectivity index (χ3v) is 4.03. The van der Waals surface area contributed by atoms with E-state index >= 15 is 0 Å². The standard InChI is InChI=1S/C17H26N2O5/c1-3-4-8-13(12-24-2)15(21)18-11-14(20)19-17(16(22)23)9-6-5-7-10-17/h3,8H,1,4-7,9-12H2,2H3,(H,18,21)(H,19,20)(H,22,23)/b13-8+. The predicted octanol–water partition coefficient (Wildman–Crippen LogP) is 1.16. The molecular weight excluding hydrogens is 312 g/mol. The molecule has 1 fully saturated rings. The number of amides is 2. The van der Waals surface area contributed by atoms with Crippen molar-refractivity contribution in [2.24, 2.45) is 0 Å². The highest BCUT2D eigenvalue weighted by Crippen LogP contribution is 2.28. The average molecular weight is 338 g/mol. The molecule has 0 spiro atoms. The van der Waals surface area contributed by atoms with Crippen molar-refractivity contribution < 1.29 is 24.2 Å². The second kappa shape index (κ2) is 9.87. The average Bonchev–Trinajstić information content (AvgIpc) is 2.57. The van der Waals surface area contributed by atoms with Gasteiger partial charge in [0.05, 0.1) is 13.2 Å². The summed E-state index contributed by atoms with van der Waals surface area (Å²) in [5.41, 5.74) is -0.815. The summed E-state index contributed by atoms with van der Waals surface area (Å²) in [5, 5.41) is 14.5. The molecule has 0 aromatic carbocycles. The van der Waals surface area contributed by atoms with Crippen LogP contribution in [0.15, 0.2) is 24.3 Å². The smallest absolute Gasteiger partial charge is 0.329 e. The summed E-state index contributed by atoms with van der Waals surface area (Å²) in [6, 6.07) is 0. The van der Waals surface area contributed by atoms with Crippen LogP contribution in [0, 0.1) is 0 Å². The van der Waals surface area contributed by atoms with Crippen molar-refractivity contribution in [2.75, 3.05) is 20.3 Å². The van der Waals surface area contributed by atoms with Gasteiger partial charge in [-0.05, 0) is 19.3 Å². The molecule has 0 heterocycles. The van der Waals surface area contributed by atoms with Crippen LogP contribution in [0.25, 0.3) is 0 Å². The number of aliphatic carboxylic acids is 1. The van der Waals surface area contributed by atoms with Crippen LogP contribution in [0.4, 0.5) is 0 Å². The fourth-order valence-electron chi connectivity index (χ4n) is 2.73. The number of ether oxygens (including phenoxy) is 1. The summed E-state index contributed by atoms with van der Waals surface area (Å²) >= 11 is 0. The van der Waals surface area contributed by atoms with Crippen molar-refractivity contribution in [1.29, 1.82) is 0 Å². The van der Waals surface area contributed by atoms with Gasteiger partial charge in [-0.2, -0.15) is 0 Å². The third-order valence-electron chi connectivity index (χ3n) is 4.03. The van der Waals surface area contributed by atoms with Crippen molar-refractivity contribution in [1.82, 2.24) is 10.6 Å². The third kappa shape index (κ3) is 5.81. The van der Waals surface area contributed by atoms with Crippen LogP contribution >= 0.6 is 0 Å². The number of carboxylic acids is 1. The summed E-state index contributed by atoms with van der Waals surface area (Å²) in [7, 11) is 1.47. The molecule has 0 saturated heterocycles. The number of rotatable bonds is 9. The van der Waals surface area contributed by atoms with Gasteiger partial charge in [-0.15, -0.1) is 6.58 Å². The first-order valence-corrected chi connectivity index (χ1v) is 8.06. The number of carbonyl (C=O) groups excluding carboxylic acids is 2. The van der Waals surface area contributed by atoms with E-state index in [0.717, 1.165) is 19.3 Å². The largest absolute Gasteiger partial charge is 0.480 e. The molecule has 7 nitrogen and oxygen atoms in total. The minimum Gasteiger partial charge on any atom is -0.480 e. The monoisotopic (exact) mass is 338 g/mol. The zero-order valence-corrected chi connectivity index (χ0v) is 14.1. The molecule has 0 aromatic heterocycles. The molecule has 3 N–H and O–H groups in total. The van der Waals surface area contributed by atoms with Crippen LogP contribution in [0.2, 0.25) is 0 Å². The lowest BCUT2D eigenvalue weighted by Gasteiger charge is -2.34. The topological polar surface area (TPSA) is 105 Å². The van der Waals surface area contributed by atoms with E-state index in [1.165, 1.54) is 7.11 Å². The Balaban J connectivity index is 2.59. The lowest BCUT2D eigenvalue weighted by atomic mass is 9.81. The molecule has 7 heteroatoms. The molecule has 0 unspecified atom stereocenters. The van der Waals surface area contributed by atoms with Crippen molar-refractivity contribution >= 4 is 17.8 Å². The Morgan fingerprint density at radius 2 is 1.92 bits per heavy atom. The van der Waals surface area contributed by atoms with Gasteiger partial charge in [-0.1, -0.05) is 31.4 Å². The van der Waals surface area contributed by atoms with Crippen LogP contribution in [-0.4, -0.2) is 48.7 Å². The number of methoxy groups -OCH3 is 1. The van der Waals surface area contributed by atoms with E-state index in [4.69, 9.17) is 4.74 Å². The van der Waals surface area contributed by atoms with Crippen LogP contribution in [0.3, 0.4) is 0 Å². The first-order chi connectivity index (χ1) is 11.4. The maximum atomic E-state index is 12.1. The van der Waals surface area contributed by atoms with Crippen LogP contribution in [0.1, 0.15) is 38.5 Å². The van der Waals surface area contributed by atoms with E-state index < -0.39 is 23.3 Å². The van der Waals surface area contributed by atoms with E-state index in [2.05, 4.69) is 17.2 Å². The SMILES string of the molecule is C=CC/C=C(\COC)C(=O)NCC(=O)NC1(C(=O)O)CCCCC1. The molecule has 134 valence electrons. The molecule has 1 aliphatic rings. The highest BCUT2D eigenvalue weighted by atomic mass is 16.5. The first-order valence-electron chi connectivity index (χ1n) is 8.06. The van der Waals surface area contributed by atoms with Crippen molar-refractivity contribution in [3.8, 4) is 0 Å². The highest BCUT2D eigenvalue weighted by Gasteiger charge is 2.40. The summed E-state index contributed by atoms with van der Waals surface area (Å²) < 4.78 is 4.96. The van der Waals surface area contributed by atoms with Gasteiger partial charge in [0.25, 0.3) is 0 Å². The number of hydrogen-bond donors (Lipinski definition) is 3. The lowest BCUT2D eigenvalue weighted by Crippen LogP contribution is -2.57. The van der Waals surface area contributed by atoms with Crippen molar-refractivity contribution in [3.63, 3.8) is 0 Å². The van der Waals surface area contributed by atoms with Crippen LogP contribution in [-0.2, 0) is 19.1 Å². The molecule has 1 aliphatic carbocycles. The van der Waals surface area contributed by atoms with Crippen LogP contribution < -0.4 is 10.6 Å². The van der Waals surface area contributed by atoms with Gasteiger partial charge in [0.1, 0.15) is 5.54 Å². The van der Waals surface area contributed by atoms with Gasteiger partial charge >= 0.3 is 5.97 Å². The predicted molar refractivity (Wildman–Crippen MR) is 89.4 cm³/mol. The second-order valence-corrected chi connectivity index (χ2v) is 5.87. The van der Waals surface area contributed by atoms with Gasteiger partial charge in [-0.3, -0.25) is 9.59 Å². The second-order valence-electron chi connectivity index (χ2n) is 5.87. The Morgan fingerprint density at radius 3 is 2.46 bits per heavy atom. The van der Waals surface area contributed by atoms with Gasteiger partial charge < -0.3 is 20.5 Å². The van der Waals surface area contributed by atoms with Crippen LogP contribution in [0.5, 0.6) is 0 Å². The van der Waals surface area contributed by atoms with Gasteiger partial charge in [0.15, 0.2) is 0 Å². The molecule has 1 saturated carbocycles. The molecule has 24 heavy (non-hydrogen) atoms. The molecule has 0 bridgehead atoms. The maximum Gasteiger partial charge on any atom is 0.329 e. The minimum atomic E-state index is -1.21. The fraction of sp³-hybridized carbons (Fsp3) is 0.588. The number of nitrogens with one attached hydrogen (secondary N) is 2. The van der Waals surface area contributed by atoms with E-state index in [9.17, 15) is 19.5 Å². The van der Waals surface area contributed by atoms with E-state index in [1.54, 1.807) is 12.2 Å². The number of carbonyl (C=O) groups is 3. The van der Waals surface area contributed by atoms with E-state index in [0.29, 0.717) is 24.8 Å². The fourth-order valence-corrected chi connectivity index (χ4v) is 2.73. The molecule has 0 aromatic rings. The van der Waals surface area contributed by atoms with E-state index in [1.807, 2.05) is 0 Å². The zero-order chi connectivity index (χ0) is 18.0. The van der Waals surface area contributed by atoms with Gasteiger partial charge in [0.2, 0.25) is 11.8 Å². The van der Waals surface area contributed by atoms with E-state index in [-0.39, 0.29) is 13.2 Å². The molecule has 0 radical (unpaired) electrons. The summed E-state index contributed by atoms with van der Waals surface area (Å²) in [4.78, 5) is 35.6. The molecular formula is C17H26N2O5. The Morgan fingerprint density at radius 1 is 1.25 bits per heavy atom. The maximum absolute atomic E-state index is 12.1. The Labute approximate surface area is 142 Å². The zero-order valence-electron chi connectivity index (χ0n) is 14.1. The molecule has 1 rings (SSSR count). The Hall–Kier alpha value is -2.15. The van der Waals surface area contributed by atoms with Gasteiger partial charge in [-0.25, -0.2) is 4.79 Å². The first kappa shape index (κ1) is 19.9. The van der Waals surface area contributed by atoms with Gasteiger partial charge in [0, 0.05) is 12.7 Å². The number of allylic oxidation sites excluding steroid dienone is 2.